The molecule has 2 fully saturated rings. The van der Waals surface area contributed by atoms with Crippen LogP contribution in [0.4, 0.5) is 0 Å². The fraction of sp³-hybridized carbons (Fsp3) is 0.583. The Bertz CT molecular complexity index is 1140. The Hall–Kier alpha value is -2.54. The summed E-state index contributed by atoms with van der Waals surface area (Å²) >= 11 is 0. The monoisotopic (exact) mass is 420 g/mol. The highest BCUT2D eigenvalue weighted by atomic mass is 16.1. The molecule has 2 atom stereocenters. The van der Waals surface area contributed by atoms with Gasteiger partial charge in [0.1, 0.15) is 6.04 Å². The second kappa shape index (κ2) is 8.19. The van der Waals surface area contributed by atoms with Gasteiger partial charge < -0.3 is 4.98 Å². The van der Waals surface area contributed by atoms with Crippen LogP contribution in [-0.2, 0) is 0 Å². The van der Waals surface area contributed by atoms with Crippen molar-refractivity contribution in [2.45, 2.75) is 71.4 Å². The molecule has 0 radical (unpaired) electrons. The number of pyridine rings is 1. The van der Waals surface area contributed by atoms with Gasteiger partial charge in [-0.25, -0.2) is 4.68 Å². The highest BCUT2D eigenvalue weighted by Crippen LogP contribution is 2.35. The Morgan fingerprint density at radius 1 is 1.06 bits per heavy atom. The molecule has 1 N–H and O–H groups in total. The lowest BCUT2D eigenvalue weighted by molar-refractivity contribution is 0.139. The minimum atomic E-state index is -0.229. The van der Waals surface area contributed by atoms with E-state index in [2.05, 4.69) is 64.4 Å². The average Bonchev–Trinajstić information content (AvgIpc) is 3.42. The van der Waals surface area contributed by atoms with E-state index >= 15 is 0 Å². The highest BCUT2D eigenvalue weighted by Gasteiger charge is 2.34. The molecule has 0 bridgehead atoms. The molecule has 2 aliphatic rings. The largest absolute Gasteiger partial charge is 0.322 e. The number of piperidine rings is 1. The van der Waals surface area contributed by atoms with E-state index in [-0.39, 0.29) is 11.6 Å². The molecule has 0 amide bonds. The van der Waals surface area contributed by atoms with Gasteiger partial charge in [-0.3, -0.25) is 9.69 Å². The summed E-state index contributed by atoms with van der Waals surface area (Å²) in [5, 5.41) is 14.0. The van der Waals surface area contributed by atoms with Crippen molar-refractivity contribution in [3.8, 4) is 0 Å². The summed E-state index contributed by atoms with van der Waals surface area (Å²) in [6.45, 7) is 8.39. The summed E-state index contributed by atoms with van der Waals surface area (Å²) in [5.74, 6) is 1.41. The van der Waals surface area contributed by atoms with Crippen LogP contribution in [-0.4, -0.2) is 43.2 Å². The molecule has 164 valence electrons. The lowest BCUT2D eigenvalue weighted by Crippen LogP contribution is -2.41. The number of hydrogen-bond donors (Lipinski definition) is 1. The van der Waals surface area contributed by atoms with E-state index in [0.717, 1.165) is 54.6 Å². The second-order valence-corrected chi connectivity index (χ2v) is 9.64. The molecule has 31 heavy (non-hydrogen) atoms. The highest BCUT2D eigenvalue weighted by molar-refractivity contribution is 5.81. The van der Waals surface area contributed by atoms with Crippen molar-refractivity contribution in [3.05, 3.63) is 51.1 Å². The van der Waals surface area contributed by atoms with E-state index in [4.69, 9.17) is 0 Å². The predicted molar refractivity (Wildman–Crippen MR) is 121 cm³/mol. The van der Waals surface area contributed by atoms with Gasteiger partial charge in [-0.1, -0.05) is 19.8 Å². The molecule has 2 aromatic heterocycles. The van der Waals surface area contributed by atoms with Crippen LogP contribution in [0.15, 0.2) is 23.0 Å². The van der Waals surface area contributed by atoms with Gasteiger partial charge in [0, 0.05) is 17.6 Å². The van der Waals surface area contributed by atoms with Gasteiger partial charge in [0.25, 0.3) is 5.56 Å². The second-order valence-electron chi connectivity index (χ2n) is 9.64. The number of aryl methyl sites for hydroxylation is 2. The third-order valence-electron chi connectivity index (χ3n) is 7.27. The summed E-state index contributed by atoms with van der Waals surface area (Å²) in [6.07, 6.45) is 6.99. The Morgan fingerprint density at radius 2 is 1.84 bits per heavy atom. The first-order valence-electron chi connectivity index (χ1n) is 11.7. The number of likely N-dealkylation sites (tertiary alicyclic amines) is 1. The van der Waals surface area contributed by atoms with Crippen LogP contribution >= 0.6 is 0 Å². The van der Waals surface area contributed by atoms with Crippen molar-refractivity contribution in [2.75, 3.05) is 13.1 Å². The number of hydrogen-bond acceptors (Lipinski definition) is 5. The molecule has 7 heteroatoms. The molecule has 0 spiro atoms. The number of nitrogens with zero attached hydrogens (tertiary/aromatic N) is 5. The molecule has 0 unspecified atom stereocenters. The van der Waals surface area contributed by atoms with Crippen molar-refractivity contribution in [1.29, 1.82) is 0 Å². The smallest absolute Gasteiger partial charge is 0.253 e. The summed E-state index contributed by atoms with van der Waals surface area (Å²) in [5.41, 5.74) is 4.00. The fourth-order valence-electron chi connectivity index (χ4n) is 5.45. The number of H-pyrrole nitrogens is 1. The summed E-state index contributed by atoms with van der Waals surface area (Å²) in [4.78, 5) is 18.9. The van der Waals surface area contributed by atoms with Gasteiger partial charge in [0.2, 0.25) is 0 Å². The molecule has 7 nitrogen and oxygen atoms in total. The van der Waals surface area contributed by atoms with E-state index in [0.29, 0.717) is 12.0 Å². The number of aromatic nitrogens is 5. The maximum Gasteiger partial charge on any atom is 0.253 e. The summed E-state index contributed by atoms with van der Waals surface area (Å²) < 4.78 is 2.01. The van der Waals surface area contributed by atoms with Crippen LogP contribution in [0, 0.1) is 19.8 Å². The van der Waals surface area contributed by atoms with Gasteiger partial charge >= 0.3 is 0 Å². The number of aromatic amines is 1. The van der Waals surface area contributed by atoms with Gasteiger partial charge in [0.15, 0.2) is 5.82 Å². The molecule has 3 aromatic rings. The first-order valence-corrected chi connectivity index (χ1v) is 11.7. The molecular weight excluding hydrogens is 388 g/mol. The Labute approximate surface area is 182 Å². The normalized spacial score (nSPS) is 21.7. The van der Waals surface area contributed by atoms with E-state index in [1.807, 2.05) is 4.68 Å². The van der Waals surface area contributed by atoms with Crippen LogP contribution in [0.5, 0.6) is 0 Å². The Kier molecular flexibility index (Phi) is 5.38. The predicted octanol–water partition coefficient (Wildman–Crippen LogP) is 4.07. The van der Waals surface area contributed by atoms with Crippen LogP contribution in [0.2, 0.25) is 0 Å². The molecule has 1 aliphatic carbocycles. The number of nitrogens with one attached hydrogen (secondary N) is 1. The molecule has 1 saturated carbocycles. The zero-order chi connectivity index (χ0) is 21.5. The van der Waals surface area contributed by atoms with E-state index in [9.17, 15) is 4.79 Å². The zero-order valence-corrected chi connectivity index (χ0v) is 18.8. The van der Waals surface area contributed by atoms with Crippen molar-refractivity contribution in [3.63, 3.8) is 0 Å². The molecule has 5 rings (SSSR count). The maximum absolute atomic E-state index is 13.4. The van der Waals surface area contributed by atoms with Gasteiger partial charge in [-0.05, 0) is 97.1 Å². The number of tetrazole rings is 1. The molecular formula is C24H32N6O. The molecule has 1 saturated heterocycles. The summed E-state index contributed by atoms with van der Waals surface area (Å²) in [7, 11) is 0. The standard InChI is InChI=1S/C24H32N6O/c1-15-7-6-10-29(14-15)22(23-26-27-28-30(23)19-8-4-5-9-19)20-13-18-11-16(2)17(3)12-21(18)25-24(20)31/h11-13,15,19,22H,4-10,14H2,1-3H3,(H,25,31)/t15-,22+/m0/s1. The minimum Gasteiger partial charge on any atom is -0.322 e. The Morgan fingerprint density at radius 3 is 2.61 bits per heavy atom. The Balaban J connectivity index is 1.66. The third-order valence-corrected chi connectivity index (χ3v) is 7.27. The molecule has 1 aliphatic heterocycles. The first kappa shape index (κ1) is 20.4. The van der Waals surface area contributed by atoms with Crippen molar-refractivity contribution in [1.82, 2.24) is 30.1 Å². The molecule has 3 heterocycles. The number of benzene rings is 1. The number of rotatable bonds is 4. The maximum atomic E-state index is 13.4. The zero-order valence-electron chi connectivity index (χ0n) is 18.8. The van der Waals surface area contributed by atoms with Gasteiger partial charge in [-0.2, -0.15) is 0 Å². The van der Waals surface area contributed by atoms with Crippen molar-refractivity contribution < 1.29 is 0 Å². The van der Waals surface area contributed by atoms with E-state index < -0.39 is 0 Å². The quantitative estimate of drug-likeness (QED) is 0.688. The SMILES string of the molecule is Cc1cc2cc([C@H](c3nnnn3C3CCCC3)N3CCC[C@H](C)C3)c(=O)[nH]c2cc1C. The van der Waals surface area contributed by atoms with E-state index in [1.165, 1.54) is 30.4 Å². The fourth-order valence-corrected chi connectivity index (χ4v) is 5.45. The van der Waals surface area contributed by atoms with Gasteiger partial charge in [0.05, 0.1) is 6.04 Å². The van der Waals surface area contributed by atoms with Crippen LogP contribution in [0.1, 0.15) is 80.0 Å². The minimum absolute atomic E-state index is 0.0417. The lowest BCUT2D eigenvalue weighted by atomic mass is 9.95. The average molecular weight is 421 g/mol. The van der Waals surface area contributed by atoms with Crippen molar-refractivity contribution >= 4 is 10.9 Å². The molecule has 1 aromatic carbocycles. The first-order chi connectivity index (χ1) is 15.0. The lowest BCUT2D eigenvalue weighted by Gasteiger charge is -2.36. The van der Waals surface area contributed by atoms with Crippen molar-refractivity contribution in [2.24, 2.45) is 5.92 Å². The topological polar surface area (TPSA) is 79.7 Å². The third kappa shape index (κ3) is 3.80. The van der Waals surface area contributed by atoms with Gasteiger partial charge in [-0.15, -0.1) is 5.10 Å². The van der Waals surface area contributed by atoms with E-state index in [1.54, 1.807) is 0 Å². The van der Waals surface area contributed by atoms with Crippen LogP contribution in [0.3, 0.4) is 0 Å². The van der Waals surface area contributed by atoms with Crippen LogP contribution in [0.25, 0.3) is 10.9 Å². The van der Waals surface area contributed by atoms with Crippen LogP contribution < -0.4 is 5.56 Å². The number of fused-ring (bicyclic) bond motifs is 1. The summed E-state index contributed by atoms with van der Waals surface area (Å²) in [6, 6.07) is 6.40.